The maximum Gasteiger partial charge on any atom is 0.337 e. The molecule has 13 heavy (non-hydrogen) atoms. The van der Waals surface area contributed by atoms with Gasteiger partial charge in [0.05, 0.1) is 11.3 Å². The number of nitrogens with one attached hydrogen (secondary N) is 1. The molecule has 1 aromatic rings. The van der Waals surface area contributed by atoms with Crippen molar-refractivity contribution in [2.45, 2.75) is 6.92 Å². The standard InChI is InChI=1S/C9H10BrNO2/c1-5-3-6(9(12)13)8(11-2)7(10)4-5/h3-4,11H,1-2H3,(H,12,13). The van der Waals surface area contributed by atoms with Gasteiger partial charge in [-0.15, -0.1) is 0 Å². The Morgan fingerprint density at radius 2 is 2.15 bits per heavy atom. The van der Waals surface area contributed by atoms with Gasteiger partial charge in [0.25, 0.3) is 0 Å². The lowest BCUT2D eigenvalue weighted by Gasteiger charge is -2.08. The molecular formula is C9H10BrNO2. The molecule has 0 saturated carbocycles. The van der Waals surface area contributed by atoms with Crippen LogP contribution in [0.15, 0.2) is 16.6 Å². The highest BCUT2D eigenvalue weighted by molar-refractivity contribution is 9.10. The minimum absolute atomic E-state index is 0.286. The molecular weight excluding hydrogens is 234 g/mol. The number of hydrogen-bond acceptors (Lipinski definition) is 2. The second-order valence-corrected chi connectivity index (χ2v) is 3.58. The van der Waals surface area contributed by atoms with Crippen molar-refractivity contribution in [2.75, 3.05) is 12.4 Å². The molecule has 0 heterocycles. The van der Waals surface area contributed by atoms with Crippen molar-refractivity contribution < 1.29 is 9.90 Å². The smallest absolute Gasteiger partial charge is 0.337 e. The van der Waals surface area contributed by atoms with Gasteiger partial charge < -0.3 is 10.4 Å². The number of carboxylic acid groups (broad SMARTS) is 1. The maximum absolute atomic E-state index is 10.8. The van der Waals surface area contributed by atoms with E-state index in [4.69, 9.17) is 5.11 Å². The van der Waals surface area contributed by atoms with Crippen molar-refractivity contribution in [3.05, 3.63) is 27.7 Å². The summed E-state index contributed by atoms with van der Waals surface area (Å²) in [6, 6.07) is 3.51. The van der Waals surface area contributed by atoms with Crippen LogP contribution in [-0.2, 0) is 0 Å². The van der Waals surface area contributed by atoms with Crippen molar-refractivity contribution in [3.63, 3.8) is 0 Å². The van der Waals surface area contributed by atoms with Crippen molar-refractivity contribution in [1.82, 2.24) is 0 Å². The first kappa shape index (κ1) is 10.1. The molecule has 0 fully saturated rings. The fourth-order valence-electron chi connectivity index (χ4n) is 1.16. The fraction of sp³-hybridized carbons (Fsp3) is 0.222. The summed E-state index contributed by atoms with van der Waals surface area (Å²) in [7, 11) is 1.70. The van der Waals surface area contributed by atoms with E-state index in [-0.39, 0.29) is 5.56 Å². The summed E-state index contributed by atoms with van der Waals surface area (Å²) in [5.41, 5.74) is 1.82. The highest BCUT2D eigenvalue weighted by Crippen LogP contribution is 2.27. The summed E-state index contributed by atoms with van der Waals surface area (Å²) in [6.07, 6.45) is 0. The number of rotatable bonds is 2. The largest absolute Gasteiger partial charge is 0.478 e. The summed E-state index contributed by atoms with van der Waals surface area (Å²) >= 11 is 3.30. The molecule has 1 rings (SSSR count). The topological polar surface area (TPSA) is 49.3 Å². The molecule has 0 aliphatic heterocycles. The first-order chi connectivity index (χ1) is 6.06. The lowest BCUT2D eigenvalue weighted by Crippen LogP contribution is -2.03. The van der Waals surface area contributed by atoms with E-state index in [1.54, 1.807) is 13.1 Å². The molecule has 2 N–H and O–H groups in total. The first-order valence-electron chi connectivity index (χ1n) is 3.77. The van der Waals surface area contributed by atoms with Crippen LogP contribution in [0.5, 0.6) is 0 Å². The maximum atomic E-state index is 10.8. The van der Waals surface area contributed by atoms with E-state index in [1.807, 2.05) is 13.0 Å². The molecule has 0 bridgehead atoms. The molecule has 0 aromatic heterocycles. The minimum atomic E-state index is -0.922. The lowest BCUT2D eigenvalue weighted by molar-refractivity contribution is 0.0698. The first-order valence-corrected chi connectivity index (χ1v) is 4.56. The fourth-order valence-corrected chi connectivity index (χ4v) is 1.94. The van der Waals surface area contributed by atoms with Gasteiger partial charge in [0.2, 0.25) is 0 Å². The van der Waals surface area contributed by atoms with Gasteiger partial charge in [-0.2, -0.15) is 0 Å². The number of carbonyl (C=O) groups is 1. The Kier molecular flexibility index (Phi) is 2.93. The predicted octanol–water partition coefficient (Wildman–Crippen LogP) is 2.50. The Morgan fingerprint density at radius 3 is 2.62 bits per heavy atom. The highest BCUT2D eigenvalue weighted by atomic mass is 79.9. The summed E-state index contributed by atoms with van der Waals surface area (Å²) in [5, 5.41) is 11.7. The lowest BCUT2D eigenvalue weighted by atomic mass is 10.1. The van der Waals surface area contributed by atoms with E-state index in [0.29, 0.717) is 5.69 Å². The quantitative estimate of drug-likeness (QED) is 0.840. The van der Waals surface area contributed by atoms with Crippen LogP contribution in [0.4, 0.5) is 5.69 Å². The number of aromatic carboxylic acids is 1. The third-order valence-corrected chi connectivity index (χ3v) is 2.34. The van der Waals surface area contributed by atoms with Crippen molar-refractivity contribution in [3.8, 4) is 0 Å². The van der Waals surface area contributed by atoms with Gasteiger partial charge in [0, 0.05) is 11.5 Å². The summed E-state index contributed by atoms with van der Waals surface area (Å²) < 4.78 is 0.771. The molecule has 70 valence electrons. The highest BCUT2D eigenvalue weighted by Gasteiger charge is 2.12. The van der Waals surface area contributed by atoms with Crippen LogP contribution in [0, 0.1) is 6.92 Å². The molecule has 0 atom stereocenters. The van der Waals surface area contributed by atoms with Gasteiger partial charge in [0.1, 0.15) is 0 Å². The summed E-state index contributed by atoms with van der Waals surface area (Å²) in [5.74, 6) is -0.922. The predicted molar refractivity (Wildman–Crippen MR) is 55.4 cm³/mol. The average Bonchev–Trinajstić information content (AvgIpc) is 2.02. The number of benzene rings is 1. The van der Waals surface area contributed by atoms with Crippen molar-refractivity contribution in [1.29, 1.82) is 0 Å². The molecule has 0 aliphatic carbocycles. The van der Waals surface area contributed by atoms with Crippen molar-refractivity contribution in [2.24, 2.45) is 0 Å². The van der Waals surface area contributed by atoms with E-state index in [9.17, 15) is 4.79 Å². The van der Waals surface area contributed by atoms with E-state index >= 15 is 0 Å². The number of carboxylic acids is 1. The van der Waals surface area contributed by atoms with Gasteiger partial charge in [-0.3, -0.25) is 0 Å². The van der Waals surface area contributed by atoms with Crippen LogP contribution in [0.2, 0.25) is 0 Å². The summed E-state index contributed by atoms with van der Waals surface area (Å²) in [4.78, 5) is 10.8. The monoisotopic (exact) mass is 243 g/mol. The zero-order valence-electron chi connectivity index (χ0n) is 7.39. The van der Waals surface area contributed by atoms with Gasteiger partial charge in [0.15, 0.2) is 0 Å². The van der Waals surface area contributed by atoms with E-state index < -0.39 is 5.97 Å². The van der Waals surface area contributed by atoms with Gasteiger partial charge in [-0.25, -0.2) is 4.79 Å². The van der Waals surface area contributed by atoms with Gasteiger partial charge in [-0.1, -0.05) is 0 Å². The number of anilines is 1. The van der Waals surface area contributed by atoms with Crippen LogP contribution in [-0.4, -0.2) is 18.1 Å². The Morgan fingerprint density at radius 1 is 1.54 bits per heavy atom. The molecule has 4 heteroatoms. The van der Waals surface area contributed by atoms with Crippen LogP contribution in [0.3, 0.4) is 0 Å². The van der Waals surface area contributed by atoms with Crippen LogP contribution >= 0.6 is 15.9 Å². The third kappa shape index (κ3) is 2.01. The second kappa shape index (κ2) is 3.79. The molecule has 1 aromatic carbocycles. The minimum Gasteiger partial charge on any atom is -0.478 e. The normalized spacial score (nSPS) is 9.77. The van der Waals surface area contributed by atoms with E-state index in [2.05, 4.69) is 21.2 Å². The Hall–Kier alpha value is -1.03. The molecule has 0 aliphatic rings. The molecule has 3 nitrogen and oxygen atoms in total. The van der Waals surface area contributed by atoms with Crippen LogP contribution in [0.25, 0.3) is 0 Å². The zero-order chi connectivity index (χ0) is 10.0. The van der Waals surface area contributed by atoms with Crippen molar-refractivity contribution >= 4 is 27.6 Å². The number of halogens is 1. The average molecular weight is 244 g/mol. The van der Waals surface area contributed by atoms with Gasteiger partial charge in [-0.05, 0) is 40.5 Å². The number of aryl methyl sites for hydroxylation is 1. The Labute approximate surface area is 84.9 Å². The van der Waals surface area contributed by atoms with Crippen LogP contribution < -0.4 is 5.32 Å². The molecule has 0 radical (unpaired) electrons. The van der Waals surface area contributed by atoms with E-state index in [1.165, 1.54) is 0 Å². The molecule has 0 amide bonds. The molecule has 0 unspecified atom stereocenters. The van der Waals surface area contributed by atoms with E-state index in [0.717, 1.165) is 10.0 Å². The molecule has 0 spiro atoms. The zero-order valence-corrected chi connectivity index (χ0v) is 8.97. The third-order valence-electron chi connectivity index (χ3n) is 1.71. The Bertz CT molecular complexity index is 350. The second-order valence-electron chi connectivity index (χ2n) is 2.72. The van der Waals surface area contributed by atoms with Crippen LogP contribution in [0.1, 0.15) is 15.9 Å². The Balaban J connectivity index is 3.38. The molecule has 0 saturated heterocycles. The summed E-state index contributed by atoms with van der Waals surface area (Å²) in [6.45, 7) is 1.86. The number of hydrogen-bond donors (Lipinski definition) is 2. The van der Waals surface area contributed by atoms with Gasteiger partial charge >= 0.3 is 5.97 Å². The SMILES string of the molecule is CNc1c(Br)cc(C)cc1C(=O)O.